The zero-order valence-electron chi connectivity index (χ0n) is 11.9. The number of hydrogen-bond donors (Lipinski definition) is 0. The Labute approximate surface area is 127 Å². The zero-order chi connectivity index (χ0) is 17.4. The summed E-state index contributed by atoms with van der Waals surface area (Å²) in [6.07, 6.45) is -4.93. The molecule has 126 valence electrons. The maximum absolute atomic E-state index is 12.8. The maximum atomic E-state index is 12.8. The number of nitrogens with zero attached hydrogens (tertiary/aromatic N) is 3. The molecular weight excluding hydrogens is 323 g/mol. The van der Waals surface area contributed by atoms with E-state index in [4.69, 9.17) is 4.74 Å². The second-order valence-electron chi connectivity index (χ2n) is 4.99. The van der Waals surface area contributed by atoms with Crippen molar-refractivity contribution >= 4 is 17.1 Å². The molecule has 11 heteroatoms. The Morgan fingerprint density at radius 1 is 1.22 bits per heavy atom. The second kappa shape index (κ2) is 5.99. The van der Waals surface area contributed by atoms with E-state index in [9.17, 15) is 33.4 Å². The predicted molar refractivity (Wildman–Crippen MR) is 72.4 cm³/mol. The van der Waals surface area contributed by atoms with E-state index in [1.54, 1.807) is 6.92 Å². The van der Waals surface area contributed by atoms with Crippen molar-refractivity contribution in [2.24, 2.45) is 0 Å². The van der Waals surface area contributed by atoms with Crippen LogP contribution in [0.1, 0.15) is 12.5 Å². The largest absolute Gasteiger partial charge is 0.416 e. The summed E-state index contributed by atoms with van der Waals surface area (Å²) in [7, 11) is 0. The minimum absolute atomic E-state index is 0.105. The second-order valence-corrected chi connectivity index (χ2v) is 4.99. The third-order valence-corrected chi connectivity index (χ3v) is 3.45. The van der Waals surface area contributed by atoms with Gasteiger partial charge in [-0.15, -0.1) is 0 Å². The molecule has 1 aromatic rings. The van der Waals surface area contributed by atoms with Gasteiger partial charge in [-0.05, 0) is 6.92 Å². The smallest absolute Gasteiger partial charge is 0.377 e. The summed E-state index contributed by atoms with van der Waals surface area (Å²) in [6.45, 7) is 2.05. The molecule has 1 aliphatic rings. The predicted octanol–water partition coefficient (Wildman–Crippen LogP) is 2.75. The fraction of sp³-hybridized carbons (Fsp3) is 0.500. The van der Waals surface area contributed by atoms with E-state index in [0.717, 1.165) is 0 Å². The van der Waals surface area contributed by atoms with E-state index in [1.165, 1.54) is 4.90 Å². The van der Waals surface area contributed by atoms with Gasteiger partial charge in [0.15, 0.2) is 5.69 Å². The van der Waals surface area contributed by atoms with Gasteiger partial charge in [0.2, 0.25) is 0 Å². The standard InChI is InChI=1S/C12H12F3N3O5/c1-7-6-23-3-2-16(7)11-9(17(19)20)4-8(12(13,14)15)5-10(11)18(21)22/h4-5,7H,2-3,6H2,1H3/t7-/m1/s1. The van der Waals surface area contributed by atoms with Crippen molar-refractivity contribution in [3.05, 3.63) is 37.9 Å². The summed E-state index contributed by atoms with van der Waals surface area (Å²) in [5.41, 5.74) is -3.75. The van der Waals surface area contributed by atoms with Crippen LogP contribution >= 0.6 is 0 Å². The van der Waals surface area contributed by atoms with Gasteiger partial charge < -0.3 is 9.64 Å². The molecule has 0 radical (unpaired) electrons. The average Bonchev–Trinajstić information content (AvgIpc) is 2.45. The van der Waals surface area contributed by atoms with Gasteiger partial charge in [0.25, 0.3) is 11.4 Å². The van der Waals surface area contributed by atoms with Gasteiger partial charge in [-0.25, -0.2) is 0 Å². The molecule has 1 fully saturated rings. The first-order chi connectivity index (χ1) is 10.6. The number of anilines is 1. The summed E-state index contributed by atoms with van der Waals surface area (Å²) in [5.74, 6) is 0. The van der Waals surface area contributed by atoms with Crippen LogP contribution in [0.2, 0.25) is 0 Å². The molecule has 1 saturated heterocycles. The molecule has 1 aromatic carbocycles. The van der Waals surface area contributed by atoms with Crippen molar-refractivity contribution in [2.45, 2.75) is 19.1 Å². The first-order valence-corrected chi connectivity index (χ1v) is 6.51. The fourth-order valence-corrected chi connectivity index (χ4v) is 2.40. The molecular formula is C12H12F3N3O5. The summed E-state index contributed by atoms with van der Waals surface area (Å²) >= 11 is 0. The Hall–Kier alpha value is -2.43. The summed E-state index contributed by atoms with van der Waals surface area (Å²) in [4.78, 5) is 21.6. The minimum Gasteiger partial charge on any atom is -0.377 e. The molecule has 0 N–H and O–H groups in total. The number of nitro groups is 2. The molecule has 1 aliphatic heterocycles. The van der Waals surface area contributed by atoms with Gasteiger partial charge in [-0.3, -0.25) is 20.2 Å². The molecule has 0 unspecified atom stereocenters. The minimum atomic E-state index is -4.93. The van der Waals surface area contributed by atoms with Crippen molar-refractivity contribution < 1.29 is 27.8 Å². The van der Waals surface area contributed by atoms with Gasteiger partial charge in [-0.2, -0.15) is 13.2 Å². The highest BCUT2D eigenvalue weighted by molar-refractivity contribution is 5.77. The van der Waals surface area contributed by atoms with Crippen molar-refractivity contribution in [3.8, 4) is 0 Å². The maximum Gasteiger partial charge on any atom is 0.416 e. The number of nitro benzene ring substituents is 2. The van der Waals surface area contributed by atoms with Crippen LogP contribution in [0.4, 0.5) is 30.2 Å². The molecule has 0 amide bonds. The lowest BCUT2D eigenvalue weighted by Gasteiger charge is -2.34. The number of ether oxygens (including phenoxy) is 1. The van der Waals surface area contributed by atoms with E-state index < -0.39 is 44.7 Å². The van der Waals surface area contributed by atoms with Crippen LogP contribution in [0.5, 0.6) is 0 Å². The lowest BCUT2D eigenvalue weighted by atomic mass is 10.1. The molecule has 0 saturated carbocycles. The first kappa shape index (κ1) is 16.9. The SMILES string of the molecule is C[C@@H]1COCCN1c1c([N+](=O)[O-])cc(C(F)(F)F)cc1[N+](=O)[O-]. The lowest BCUT2D eigenvalue weighted by Crippen LogP contribution is -2.44. The highest BCUT2D eigenvalue weighted by atomic mass is 19.4. The van der Waals surface area contributed by atoms with Gasteiger partial charge in [0.1, 0.15) is 0 Å². The number of hydrogen-bond acceptors (Lipinski definition) is 6. The Morgan fingerprint density at radius 3 is 2.13 bits per heavy atom. The summed E-state index contributed by atoms with van der Waals surface area (Å²) in [6, 6.07) is 0.201. The Bertz CT molecular complexity index is 614. The van der Waals surface area contributed by atoms with E-state index >= 15 is 0 Å². The number of rotatable bonds is 3. The van der Waals surface area contributed by atoms with E-state index in [1.807, 2.05) is 0 Å². The quantitative estimate of drug-likeness (QED) is 0.622. The number of alkyl halides is 3. The molecule has 0 aromatic heterocycles. The van der Waals surface area contributed by atoms with Crippen LogP contribution in [-0.4, -0.2) is 35.6 Å². The van der Waals surface area contributed by atoms with Crippen molar-refractivity contribution in [1.82, 2.24) is 0 Å². The van der Waals surface area contributed by atoms with E-state index in [-0.39, 0.29) is 19.8 Å². The van der Waals surface area contributed by atoms with Crippen molar-refractivity contribution in [2.75, 3.05) is 24.7 Å². The Balaban J connectivity index is 2.72. The Kier molecular flexibility index (Phi) is 4.41. The summed E-state index contributed by atoms with van der Waals surface area (Å²) < 4.78 is 43.7. The van der Waals surface area contributed by atoms with Crippen LogP contribution in [-0.2, 0) is 10.9 Å². The topological polar surface area (TPSA) is 98.8 Å². The van der Waals surface area contributed by atoms with Crippen molar-refractivity contribution in [1.29, 1.82) is 0 Å². The van der Waals surface area contributed by atoms with Gasteiger partial charge in [0.05, 0.1) is 34.7 Å². The zero-order valence-corrected chi connectivity index (χ0v) is 11.9. The number of morpholine rings is 1. The molecule has 8 nitrogen and oxygen atoms in total. The number of benzene rings is 1. The fourth-order valence-electron chi connectivity index (χ4n) is 2.40. The highest BCUT2D eigenvalue weighted by Gasteiger charge is 2.40. The third-order valence-electron chi connectivity index (χ3n) is 3.45. The summed E-state index contributed by atoms with van der Waals surface area (Å²) in [5, 5.41) is 22.4. The highest BCUT2D eigenvalue weighted by Crippen LogP contribution is 2.43. The molecule has 0 bridgehead atoms. The van der Waals surface area contributed by atoms with Gasteiger partial charge in [0, 0.05) is 18.7 Å². The van der Waals surface area contributed by atoms with Crippen LogP contribution in [0.15, 0.2) is 12.1 Å². The third kappa shape index (κ3) is 3.33. The van der Waals surface area contributed by atoms with Crippen LogP contribution in [0.25, 0.3) is 0 Å². The van der Waals surface area contributed by atoms with Gasteiger partial charge in [-0.1, -0.05) is 0 Å². The molecule has 2 rings (SSSR count). The molecule has 23 heavy (non-hydrogen) atoms. The van der Waals surface area contributed by atoms with Gasteiger partial charge >= 0.3 is 6.18 Å². The molecule has 0 aliphatic carbocycles. The number of halogens is 3. The van der Waals surface area contributed by atoms with E-state index in [0.29, 0.717) is 12.1 Å². The average molecular weight is 335 g/mol. The van der Waals surface area contributed by atoms with Crippen LogP contribution < -0.4 is 4.90 Å². The van der Waals surface area contributed by atoms with Crippen LogP contribution in [0, 0.1) is 20.2 Å². The monoisotopic (exact) mass is 335 g/mol. The molecule has 0 spiro atoms. The Morgan fingerprint density at radius 2 is 1.74 bits per heavy atom. The van der Waals surface area contributed by atoms with E-state index in [2.05, 4.69) is 0 Å². The lowest BCUT2D eigenvalue weighted by molar-refractivity contribution is -0.393. The molecule has 1 heterocycles. The first-order valence-electron chi connectivity index (χ1n) is 6.51. The van der Waals surface area contributed by atoms with Crippen LogP contribution in [0.3, 0.4) is 0 Å². The van der Waals surface area contributed by atoms with Crippen molar-refractivity contribution in [3.63, 3.8) is 0 Å². The molecule has 1 atom stereocenters. The normalized spacial score (nSPS) is 18.8.